The summed E-state index contributed by atoms with van der Waals surface area (Å²) in [6.45, 7) is 4.80. The number of aliphatic hydroxyl groups excluding tert-OH is 1. The summed E-state index contributed by atoms with van der Waals surface area (Å²) < 4.78 is 0. The van der Waals surface area contributed by atoms with Gasteiger partial charge in [0.2, 0.25) is 0 Å². The Labute approximate surface area is 121 Å². The van der Waals surface area contributed by atoms with Gasteiger partial charge < -0.3 is 10.4 Å². The van der Waals surface area contributed by atoms with E-state index < -0.39 is 5.41 Å². The van der Waals surface area contributed by atoms with E-state index in [1.165, 1.54) is 12.8 Å². The summed E-state index contributed by atoms with van der Waals surface area (Å²) in [7, 11) is 0. The van der Waals surface area contributed by atoms with Crippen LogP contribution in [0.5, 0.6) is 0 Å². The van der Waals surface area contributed by atoms with E-state index in [4.69, 9.17) is 0 Å². The van der Waals surface area contributed by atoms with E-state index in [-0.39, 0.29) is 12.1 Å². The molecule has 1 aromatic carbocycles. The van der Waals surface area contributed by atoms with Crippen molar-refractivity contribution in [3.05, 3.63) is 35.4 Å². The molecule has 0 heterocycles. The highest BCUT2D eigenvalue weighted by Crippen LogP contribution is 2.31. The molecule has 0 unspecified atom stereocenters. The minimum absolute atomic E-state index is 0.121. The summed E-state index contributed by atoms with van der Waals surface area (Å²) >= 11 is 0. The smallest absolute Gasteiger partial charge is 0.0769 e. The van der Waals surface area contributed by atoms with Crippen molar-refractivity contribution in [3.63, 3.8) is 0 Å². The molecule has 0 amide bonds. The molecule has 0 aliphatic heterocycles. The molecule has 2 N–H and O–H groups in total. The summed E-state index contributed by atoms with van der Waals surface area (Å²) in [5.41, 5.74) is 1.62. The molecule has 1 aliphatic rings. The van der Waals surface area contributed by atoms with Gasteiger partial charge in [0.15, 0.2) is 0 Å². The van der Waals surface area contributed by atoms with Crippen LogP contribution in [0.15, 0.2) is 24.3 Å². The zero-order valence-electron chi connectivity index (χ0n) is 12.4. The van der Waals surface area contributed by atoms with E-state index in [9.17, 15) is 10.4 Å². The Morgan fingerprint density at radius 2 is 1.95 bits per heavy atom. The van der Waals surface area contributed by atoms with Crippen LogP contribution in [-0.2, 0) is 12.0 Å². The van der Waals surface area contributed by atoms with Crippen molar-refractivity contribution < 1.29 is 5.11 Å². The van der Waals surface area contributed by atoms with Crippen molar-refractivity contribution in [1.82, 2.24) is 5.32 Å². The third-order valence-corrected chi connectivity index (χ3v) is 4.49. The molecule has 1 fully saturated rings. The highest BCUT2D eigenvalue weighted by Gasteiger charge is 2.33. The second-order valence-electron chi connectivity index (χ2n) is 6.39. The Morgan fingerprint density at radius 1 is 1.30 bits per heavy atom. The quantitative estimate of drug-likeness (QED) is 0.866. The summed E-state index contributed by atoms with van der Waals surface area (Å²) in [6.07, 6.45) is 4.43. The van der Waals surface area contributed by atoms with Gasteiger partial charge in [-0.2, -0.15) is 5.26 Å². The highest BCUT2D eigenvalue weighted by atomic mass is 16.3. The first-order valence-corrected chi connectivity index (χ1v) is 7.38. The summed E-state index contributed by atoms with van der Waals surface area (Å²) in [6, 6.07) is 10.5. The summed E-state index contributed by atoms with van der Waals surface area (Å²) in [5, 5.41) is 22.5. The molecule has 1 aromatic rings. The molecular formula is C17H24N2O. The normalized spacial score (nSPS) is 17.9. The average Bonchev–Trinajstić information content (AvgIpc) is 2.95. The van der Waals surface area contributed by atoms with Crippen molar-refractivity contribution in [1.29, 1.82) is 5.26 Å². The number of aliphatic hydroxyl groups is 1. The predicted octanol–water partition coefficient (Wildman–Crippen LogP) is 2.88. The van der Waals surface area contributed by atoms with Gasteiger partial charge in [-0.15, -0.1) is 0 Å². The van der Waals surface area contributed by atoms with E-state index in [1.807, 2.05) is 32.0 Å². The highest BCUT2D eigenvalue weighted by molar-refractivity contribution is 5.37. The fraction of sp³-hybridized carbons (Fsp3) is 0.588. The summed E-state index contributed by atoms with van der Waals surface area (Å²) in [5.74, 6) is 0. The van der Waals surface area contributed by atoms with E-state index in [1.54, 1.807) is 0 Å². The lowest BCUT2D eigenvalue weighted by Gasteiger charge is -2.29. The molecule has 0 spiro atoms. The van der Waals surface area contributed by atoms with Crippen LogP contribution in [0.25, 0.3) is 0 Å². The second-order valence-corrected chi connectivity index (χ2v) is 6.39. The fourth-order valence-corrected chi connectivity index (χ4v) is 3.07. The van der Waals surface area contributed by atoms with Crippen LogP contribution in [0.2, 0.25) is 0 Å². The van der Waals surface area contributed by atoms with E-state index in [0.717, 1.165) is 24.0 Å². The Hall–Kier alpha value is -1.37. The lowest BCUT2D eigenvalue weighted by Crippen LogP contribution is -2.45. The first-order chi connectivity index (χ1) is 9.53. The molecule has 1 saturated carbocycles. The van der Waals surface area contributed by atoms with Crippen molar-refractivity contribution in [2.24, 2.45) is 0 Å². The van der Waals surface area contributed by atoms with Crippen molar-refractivity contribution >= 4 is 0 Å². The maximum absolute atomic E-state index is 9.66. The largest absolute Gasteiger partial charge is 0.394 e. The molecule has 20 heavy (non-hydrogen) atoms. The maximum Gasteiger partial charge on any atom is 0.0769 e. The zero-order chi connectivity index (χ0) is 14.6. The van der Waals surface area contributed by atoms with Crippen LogP contribution in [0.3, 0.4) is 0 Å². The number of hydrogen-bond acceptors (Lipinski definition) is 3. The lowest BCUT2D eigenvalue weighted by atomic mass is 9.83. The third-order valence-electron chi connectivity index (χ3n) is 4.49. The number of nitrogens with zero attached hydrogens (tertiary/aromatic N) is 1. The maximum atomic E-state index is 9.66. The standard InChI is InChI=1S/C17H24N2O/c1-16(2,12-18)15-8-4-3-7-14(15)11-19-17(13-20)9-5-6-10-17/h3-4,7-8,19-20H,5-6,9-11,13H2,1-2H3. The Balaban J connectivity index is 2.16. The van der Waals surface area contributed by atoms with Crippen LogP contribution in [0.1, 0.15) is 50.7 Å². The molecule has 0 radical (unpaired) electrons. The SMILES string of the molecule is CC(C)(C#N)c1ccccc1CNC1(CO)CCCC1. The predicted molar refractivity (Wildman–Crippen MR) is 80.2 cm³/mol. The average molecular weight is 272 g/mol. The monoisotopic (exact) mass is 272 g/mol. The zero-order valence-corrected chi connectivity index (χ0v) is 12.4. The van der Waals surface area contributed by atoms with E-state index in [0.29, 0.717) is 6.54 Å². The number of benzene rings is 1. The van der Waals surface area contributed by atoms with Gasteiger partial charge in [0.25, 0.3) is 0 Å². The molecule has 3 nitrogen and oxygen atoms in total. The van der Waals surface area contributed by atoms with Gasteiger partial charge >= 0.3 is 0 Å². The molecule has 0 aromatic heterocycles. The molecule has 0 saturated heterocycles. The Bertz CT molecular complexity index is 496. The Kier molecular flexibility index (Phi) is 4.47. The van der Waals surface area contributed by atoms with Gasteiger partial charge in [0.05, 0.1) is 18.1 Å². The minimum Gasteiger partial charge on any atom is -0.394 e. The van der Waals surface area contributed by atoms with Crippen LogP contribution in [-0.4, -0.2) is 17.3 Å². The van der Waals surface area contributed by atoms with Crippen LogP contribution >= 0.6 is 0 Å². The first-order valence-electron chi connectivity index (χ1n) is 7.38. The Morgan fingerprint density at radius 3 is 2.55 bits per heavy atom. The molecule has 108 valence electrons. The van der Waals surface area contributed by atoms with Gasteiger partial charge in [-0.25, -0.2) is 0 Å². The van der Waals surface area contributed by atoms with Crippen LogP contribution in [0, 0.1) is 11.3 Å². The second kappa shape index (κ2) is 5.95. The van der Waals surface area contributed by atoms with Gasteiger partial charge in [-0.1, -0.05) is 37.1 Å². The number of nitriles is 1. The summed E-state index contributed by atoms with van der Waals surface area (Å²) in [4.78, 5) is 0. The number of nitrogens with one attached hydrogen (secondary N) is 1. The van der Waals surface area contributed by atoms with E-state index >= 15 is 0 Å². The number of hydrogen-bond donors (Lipinski definition) is 2. The first kappa shape index (κ1) is 15.0. The topological polar surface area (TPSA) is 56.0 Å². The molecular weight excluding hydrogens is 248 g/mol. The molecule has 0 bridgehead atoms. The van der Waals surface area contributed by atoms with Crippen molar-refractivity contribution in [2.45, 2.75) is 57.0 Å². The van der Waals surface area contributed by atoms with Gasteiger partial charge in [-0.3, -0.25) is 0 Å². The lowest BCUT2D eigenvalue weighted by molar-refractivity contribution is 0.162. The van der Waals surface area contributed by atoms with Crippen LogP contribution < -0.4 is 5.32 Å². The van der Waals surface area contributed by atoms with Crippen molar-refractivity contribution in [2.75, 3.05) is 6.61 Å². The molecule has 3 heteroatoms. The van der Waals surface area contributed by atoms with Crippen molar-refractivity contribution in [3.8, 4) is 6.07 Å². The fourth-order valence-electron chi connectivity index (χ4n) is 3.07. The number of rotatable bonds is 5. The molecule has 2 rings (SSSR count). The van der Waals surface area contributed by atoms with E-state index in [2.05, 4.69) is 17.5 Å². The minimum atomic E-state index is -0.486. The third kappa shape index (κ3) is 3.03. The van der Waals surface area contributed by atoms with Gasteiger partial charge in [0.1, 0.15) is 0 Å². The van der Waals surface area contributed by atoms with Gasteiger partial charge in [-0.05, 0) is 37.8 Å². The van der Waals surface area contributed by atoms with Crippen LogP contribution in [0.4, 0.5) is 0 Å². The van der Waals surface area contributed by atoms with Gasteiger partial charge in [0, 0.05) is 12.1 Å². The molecule has 0 atom stereocenters. The molecule has 1 aliphatic carbocycles.